The molecule has 1 aromatic carbocycles. The molecule has 2 N–H and O–H groups in total. The van der Waals surface area contributed by atoms with Crippen molar-refractivity contribution in [3.63, 3.8) is 0 Å². The van der Waals surface area contributed by atoms with Crippen LogP contribution in [0.1, 0.15) is 12.0 Å². The molecule has 0 aromatic heterocycles. The van der Waals surface area contributed by atoms with E-state index in [1.165, 1.54) is 5.56 Å². The molecule has 1 aromatic rings. The van der Waals surface area contributed by atoms with Gasteiger partial charge in [0.05, 0.1) is 0 Å². The number of benzene rings is 1. The summed E-state index contributed by atoms with van der Waals surface area (Å²) in [4.78, 5) is 6.64. The Morgan fingerprint density at radius 2 is 1.95 bits per heavy atom. The van der Waals surface area contributed by atoms with Crippen LogP contribution in [0.15, 0.2) is 29.3 Å². The predicted molar refractivity (Wildman–Crippen MR) is 85.2 cm³/mol. The van der Waals surface area contributed by atoms with Crippen LogP contribution in [0, 0.1) is 0 Å². The van der Waals surface area contributed by atoms with Gasteiger partial charge in [0.25, 0.3) is 0 Å². The van der Waals surface area contributed by atoms with Crippen molar-refractivity contribution < 1.29 is 0 Å². The monoisotopic (exact) mass is 297 g/mol. The molecular weight excluding hydrogens is 278 g/mol. The second kappa shape index (κ2) is 7.65. The fraction of sp³-hybridized carbons (Fsp3) is 0.500. The van der Waals surface area contributed by atoms with Crippen molar-refractivity contribution in [2.45, 2.75) is 12.8 Å². The number of aliphatic imine (C=N–C) groups is 1. The van der Waals surface area contributed by atoms with E-state index < -0.39 is 0 Å². The summed E-state index contributed by atoms with van der Waals surface area (Å²) in [6.07, 6.45) is 2.04. The maximum absolute atomic E-state index is 6.00. The average molecular weight is 298 g/mol. The molecule has 1 fully saturated rings. The van der Waals surface area contributed by atoms with E-state index in [-0.39, 0.29) is 0 Å². The van der Waals surface area contributed by atoms with E-state index in [1.54, 1.807) is 0 Å². The summed E-state index contributed by atoms with van der Waals surface area (Å²) in [6, 6.07) is 7.99. The van der Waals surface area contributed by atoms with Gasteiger partial charge >= 0.3 is 0 Å². The van der Waals surface area contributed by atoms with Crippen molar-refractivity contribution in [1.29, 1.82) is 0 Å². The van der Waals surface area contributed by atoms with E-state index in [0.717, 1.165) is 49.0 Å². The molecule has 0 spiro atoms. The lowest BCUT2D eigenvalue weighted by atomic mass is 10.1. The summed E-state index contributed by atoms with van der Waals surface area (Å²) < 4.78 is 0. The van der Waals surface area contributed by atoms with Crippen LogP contribution in [0.3, 0.4) is 0 Å². The summed E-state index contributed by atoms with van der Waals surface area (Å²) >= 11 is 7.83. The standard InChI is InChI=1S/C14H20ClN3S/c15-13-5-3-12(4-6-13)2-1-7-17-14(16)18-8-10-19-11-9-18/h3-6H,1-2,7-11H2,(H2,16,17). The molecule has 104 valence electrons. The number of halogens is 1. The Balaban J connectivity index is 1.71. The fourth-order valence-corrected chi connectivity index (χ4v) is 3.05. The highest BCUT2D eigenvalue weighted by Crippen LogP contribution is 2.11. The van der Waals surface area contributed by atoms with Crippen LogP contribution >= 0.6 is 23.4 Å². The van der Waals surface area contributed by atoms with Gasteiger partial charge in [-0.3, -0.25) is 4.99 Å². The summed E-state index contributed by atoms with van der Waals surface area (Å²) in [7, 11) is 0. The average Bonchev–Trinajstić information content (AvgIpc) is 2.46. The largest absolute Gasteiger partial charge is 0.370 e. The second-order valence-electron chi connectivity index (χ2n) is 4.57. The Hall–Kier alpha value is -0.870. The highest BCUT2D eigenvalue weighted by atomic mass is 35.5. The van der Waals surface area contributed by atoms with Crippen LogP contribution in [0.25, 0.3) is 0 Å². The Labute approximate surface area is 124 Å². The normalized spacial score (nSPS) is 16.7. The van der Waals surface area contributed by atoms with Gasteiger partial charge in [-0.25, -0.2) is 0 Å². The van der Waals surface area contributed by atoms with Crippen LogP contribution in [0.4, 0.5) is 0 Å². The molecule has 1 heterocycles. The first kappa shape index (κ1) is 14.5. The summed E-state index contributed by atoms with van der Waals surface area (Å²) in [5.41, 5.74) is 7.30. The molecule has 1 saturated heterocycles. The zero-order valence-corrected chi connectivity index (χ0v) is 12.6. The predicted octanol–water partition coefficient (Wildman–Crippen LogP) is 2.64. The lowest BCUT2D eigenvalue weighted by molar-refractivity contribution is 0.455. The molecule has 3 nitrogen and oxygen atoms in total. The number of nitrogens with two attached hydrogens (primary N) is 1. The topological polar surface area (TPSA) is 41.6 Å². The van der Waals surface area contributed by atoms with Crippen LogP contribution < -0.4 is 5.73 Å². The van der Waals surface area contributed by atoms with Gasteiger partial charge in [0.2, 0.25) is 0 Å². The molecular formula is C14H20ClN3S. The Kier molecular flexibility index (Phi) is 5.86. The molecule has 0 atom stereocenters. The first-order valence-electron chi connectivity index (χ1n) is 6.63. The minimum atomic E-state index is 0.705. The van der Waals surface area contributed by atoms with Crippen molar-refractivity contribution in [2.75, 3.05) is 31.1 Å². The molecule has 19 heavy (non-hydrogen) atoms. The maximum Gasteiger partial charge on any atom is 0.191 e. The molecule has 5 heteroatoms. The van der Waals surface area contributed by atoms with Crippen molar-refractivity contribution in [3.8, 4) is 0 Å². The van der Waals surface area contributed by atoms with Gasteiger partial charge in [0.15, 0.2) is 5.96 Å². The molecule has 1 aliphatic rings. The van der Waals surface area contributed by atoms with Crippen LogP contribution in [0.5, 0.6) is 0 Å². The molecule has 1 aliphatic heterocycles. The van der Waals surface area contributed by atoms with Crippen molar-refractivity contribution in [1.82, 2.24) is 4.90 Å². The van der Waals surface area contributed by atoms with Gasteiger partial charge < -0.3 is 10.6 Å². The first-order valence-corrected chi connectivity index (χ1v) is 8.16. The molecule has 0 bridgehead atoms. The third-order valence-corrected chi connectivity index (χ3v) is 4.34. The minimum absolute atomic E-state index is 0.705. The van der Waals surface area contributed by atoms with Crippen molar-refractivity contribution in [2.24, 2.45) is 10.7 Å². The Bertz CT molecular complexity index is 413. The van der Waals surface area contributed by atoms with Gasteiger partial charge in [0.1, 0.15) is 0 Å². The first-order chi connectivity index (χ1) is 9.25. The van der Waals surface area contributed by atoms with E-state index in [4.69, 9.17) is 17.3 Å². The highest BCUT2D eigenvalue weighted by molar-refractivity contribution is 7.99. The molecule has 0 unspecified atom stereocenters. The summed E-state index contributed by atoms with van der Waals surface area (Å²) in [5.74, 6) is 3.01. The number of rotatable bonds is 4. The minimum Gasteiger partial charge on any atom is -0.370 e. The Morgan fingerprint density at radius 1 is 1.26 bits per heavy atom. The zero-order chi connectivity index (χ0) is 13.5. The summed E-state index contributed by atoms with van der Waals surface area (Å²) in [6.45, 7) is 2.84. The van der Waals surface area contributed by atoms with Gasteiger partial charge in [-0.1, -0.05) is 23.7 Å². The van der Waals surface area contributed by atoms with Crippen LogP contribution in [0.2, 0.25) is 5.02 Å². The number of hydrogen-bond donors (Lipinski definition) is 1. The van der Waals surface area contributed by atoms with Crippen LogP contribution in [-0.2, 0) is 6.42 Å². The number of aryl methyl sites for hydroxylation is 1. The fourth-order valence-electron chi connectivity index (χ4n) is 2.02. The smallest absolute Gasteiger partial charge is 0.191 e. The van der Waals surface area contributed by atoms with Crippen molar-refractivity contribution >= 4 is 29.3 Å². The summed E-state index contributed by atoms with van der Waals surface area (Å²) in [5, 5.41) is 0.786. The SMILES string of the molecule is NC(=NCCCc1ccc(Cl)cc1)N1CCSCC1. The highest BCUT2D eigenvalue weighted by Gasteiger charge is 2.11. The van der Waals surface area contributed by atoms with Crippen molar-refractivity contribution in [3.05, 3.63) is 34.9 Å². The maximum atomic E-state index is 6.00. The van der Waals surface area contributed by atoms with E-state index in [0.29, 0.717) is 5.96 Å². The Morgan fingerprint density at radius 3 is 2.63 bits per heavy atom. The quantitative estimate of drug-likeness (QED) is 0.528. The lowest BCUT2D eigenvalue weighted by Crippen LogP contribution is -2.42. The number of thioether (sulfide) groups is 1. The third kappa shape index (κ3) is 4.96. The zero-order valence-electron chi connectivity index (χ0n) is 11.0. The third-order valence-electron chi connectivity index (χ3n) is 3.15. The van der Waals surface area contributed by atoms with E-state index in [1.807, 2.05) is 23.9 Å². The number of hydrogen-bond acceptors (Lipinski definition) is 2. The number of guanidine groups is 1. The molecule has 2 rings (SSSR count). The lowest BCUT2D eigenvalue weighted by Gasteiger charge is -2.27. The molecule has 0 amide bonds. The van der Waals surface area contributed by atoms with E-state index in [2.05, 4.69) is 22.0 Å². The second-order valence-corrected chi connectivity index (χ2v) is 6.23. The van der Waals surface area contributed by atoms with Gasteiger partial charge in [-0.2, -0.15) is 11.8 Å². The molecule has 0 saturated carbocycles. The number of nitrogens with zero attached hydrogens (tertiary/aromatic N) is 2. The van der Waals surface area contributed by atoms with Gasteiger partial charge in [0, 0.05) is 36.2 Å². The van der Waals surface area contributed by atoms with Crippen LogP contribution in [-0.4, -0.2) is 42.0 Å². The van der Waals surface area contributed by atoms with Gasteiger partial charge in [-0.15, -0.1) is 0 Å². The molecule has 0 aliphatic carbocycles. The van der Waals surface area contributed by atoms with E-state index in [9.17, 15) is 0 Å². The van der Waals surface area contributed by atoms with E-state index >= 15 is 0 Å². The molecule has 0 radical (unpaired) electrons. The van der Waals surface area contributed by atoms with Gasteiger partial charge in [-0.05, 0) is 30.5 Å².